The number of ether oxygens (including phenoxy) is 1. The number of rotatable bonds is 0. The van der Waals surface area contributed by atoms with Crippen LogP contribution in [0.25, 0.3) is 0 Å². The van der Waals surface area contributed by atoms with E-state index in [2.05, 4.69) is 27.7 Å². The zero-order valence-electron chi connectivity index (χ0n) is 13.6. The second kappa shape index (κ2) is 5.10. The van der Waals surface area contributed by atoms with E-state index in [1.54, 1.807) is 0 Å². The highest BCUT2D eigenvalue weighted by molar-refractivity contribution is 5.18. The van der Waals surface area contributed by atoms with Gasteiger partial charge in [0.2, 0.25) is 0 Å². The first kappa shape index (κ1) is 16.0. The fourth-order valence-electron chi connectivity index (χ4n) is 5.43. The van der Waals surface area contributed by atoms with Crippen molar-refractivity contribution in [2.75, 3.05) is 0 Å². The van der Waals surface area contributed by atoms with E-state index in [1.165, 1.54) is 38.5 Å². The maximum atomic E-state index is 8.00. The number of hydrogen-bond donors (Lipinski definition) is 1. The Hall–Kier alpha value is -0.410. The maximum Gasteiger partial charge on any atom is 0.106 e. The molecule has 3 aliphatic rings. The second-order valence-electron chi connectivity index (χ2n) is 7.86. The summed E-state index contributed by atoms with van der Waals surface area (Å²) in [4.78, 5) is 8.00. The number of fused-ring (bicyclic) bond motifs is 2. The molecule has 2 saturated carbocycles. The molecule has 0 bridgehead atoms. The van der Waals surface area contributed by atoms with Gasteiger partial charge in [0, 0.05) is 11.0 Å². The van der Waals surface area contributed by atoms with Gasteiger partial charge in [0.05, 0.1) is 12.2 Å². The molecule has 6 unspecified atom stereocenters. The van der Waals surface area contributed by atoms with E-state index >= 15 is 0 Å². The lowest BCUT2D eigenvalue weighted by atomic mass is 9.47. The van der Waals surface area contributed by atoms with Crippen LogP contribution < -0.4 is 5.73 Å². The lowest BCUT2D eigenvalue weighted by Crippen LogP contribution is -2.65. The Kier molecular flexibility index (Phi) is 4.07. The Labute approximate surface area is 123 Å². The highest BCUT2D eigenvalue weighted by atomic mass is 16.5. The molecule has 3 fully saturated rings. The van der Waals surface area contributed by atoms with Crippen LogP contribution in [0.2, 0.25) is 0 Å². The smallest absolute Gasteiger partial charge is 0.106 e. The van der Waals surface area contributed by atoms with Crippen LogP contribution in [0, 0.1) is 16.7 Å². The normalized spacial score (nSPS) is 54.4. The van der Waals surface area contributed by atoms with Gasteiger partial charge in [-0.15, -0.1) is 0 Å². The lowest BCUT2D eigenvalue weighted by molar-refractivity contribution is -0.0979. The maximum absolute atomic E-state index is 8.00. The molecule has 3 rings (SSSR count). The molecule has 3 nitrogen and oxygen atoms in total. The zero-order chi connectivity index (χ0) is 15.2. The summed E-state index contributed by atoms with van der Waals surface area (Å²) in [6.45, 7) is 11.3. The van der Waals surface area contributed by atoms with E-state index in [0.29, 0.717) is 11.5 Å². The third-order valence-electron chi connectivity index (χ3n) is 6.99. The van der Waals surface area contributed by atoms with Gasteiger partial charge in [0.25, 0.3) is 0 Å². The third kappa shape index (κ3) is 1.97. The summed E-state index contributed by atoms with van der Waals surface area (Å²) >= 11 is 0. The second-order valence-corrected chi connectivity index (χ2v) is 7.86. The fraction of sp³-hybridized carbons (Fsp3) is 0.941. The molecule has 0 aromatic heterocycles. The molecule has 0 radical (unpaired) electrons. The molecular weight excluding hydrogens is 250 g/mol. The molecule has 3 heteroatoms. The average molecular weight is 281 g/mol. The van der Waals surface area contributed by atoms with Crippen LogP contribution in [0.4, 0.5) is 0 Å². The van der Waals surface area contributed by atoms with E-state index in [-0.39, 0.29) is 17.1 Å². The van der Waals surface area contributed by atoms with Crippen molar-refractivity contribution in [3.63, 3.8) is 0 Å². The zero-order valence-corrected chi connectivity index (χ0v) is 13.6. The Bertz CT molecular complexity index is 374. The van der Waals surface area contributed by atoms with Gasteiger partial charge in [-0.3, -0.25) is 0 Å². The molecule has 6 atom stereocenters. The molecule has 0 aromatic carbocycles. The topological polar surface area (TPSA) is 52.3 Å². The monoisotopic (exact) mass is 281 g/mol. The standard InChI is InChI=1S/C16H29NO.CH2O/c1-11-15(4)10-14(3)8-6-5-7-13(14)9-16(15,17)12(2)18-11;1-2/h11-13H,5-10,17H2,1-4H3;1H2. The number of carbonyl (C=O) groups excluding carboxylic acids is 1. The molecule has 0 aromatic rings. The summed E-state index contributed by atoms with van der Waals surface area (Å²) in [5.41, 5.74) is 7.44. The Balaban J connectivity index is 0.000000704. The number of hydrogen-bond acceptors (Lipinski definition) is 3. The van der Waals surface area contributed by atoms with Gasteiger partial charge in [0.15, 0.2) is 0 Å². The number of carbonyl (C=O) groups is 1. The largest absolute Gasteiger partial charge is 0.373 e. The van der Waals surface area contributed by atoms with Crippen LogP contribution in [0.3, 0.4) is 0 Å². The minimum absolute atomic E-state index is 0.103. The highest BCUT2D eigenvalue weighted by Crippen LogP contribution is 2.63. The molecule has 1 aliphatic heterocycles. The molecule has 1 saturated heterocycles. The van der Waals surface area contributed by atoms with Crippen molar-refractivity contribution in [2.24, 2.45) is 22.5 Å². The van der Waals surface area contributed by atoms with Gasteiger partial charge >= 0.3 is 0 Å². The van der Waals surface area contributed by atoms with Crippen molar-refractivity contribution in [1.29, 1.82) is 0 Å². The van der Waals surface area contributed by atoms with Crippen molar-refractivity contribution in [1.82, 2.24) is 0 Å². The predicted molar refractivity (Wildman–Crippen MR) is 81.5 cm³/mol. The first-order valence-electron chi connectivity index (χ1n) is 8.05. The predicted octanol–water partition coefficient (Wildman–Crippen LogP) is 3.30. The molecule has 20 heavy (non-hydrogen) atoms. The first-order valence-corrected chi connectivity index (χ1v) is 8.05. The summed E-state index contributed by atoms with van der Waals surface area (Å²) in [5, 5.41) is 0. The van der Waals surface area contributed by atoms with Crippen molar-refractivity contribution < 1.29 is 9.53 Å². The molecule has 116 valence electrons. The minimum Gasteiger partial charge on any atom is -0.373 e. The van der Waals surface area contributed by atoms with E-state index in [4.69, 9.17) is 15.3 Å². The van der Waals surface area contributed by atoms with Crippen LogP contribution in [0.5, 0.6) is 0 Å². The van der Waals surface area contributed by atoms with Crippen LogP contribution in [0.15, 0.2) is 0 Å². The average Bonchev–Trinajstić information content (AvgIpc) is 2.57. The van der Waals surface area contributed by atoms with Crippen molar-refractivity contribution in [3.8, 4) is 0 Å². The Morgan fingerprint density at radius 2 is 1.80 bits per heavy atom. The van der Waals surface area contributed by atoms with Crippen molar-refractivity contribution in [3.05, 3.63) is 0 Å². The summed E-state index contributed by atoms with van der Waals surface area (Å²) in [6.07, 6.45) is 8.53. The van der Waals surface area contributed by atoms with Crippen LogP contribution in [-0.4, -0.2) is 24.5 Å². The van der Waals surface area contributed by atoms with Gasteiger partial charge in [-0.2, -0.15) is 0 Å². The quantitative estimate of drug-likeness (QED) is 0.741. The van der Waals surface area contributed by atoms with Crippen LogP contribution in [-0.2, 0) is 9.53 Å². The fourth-order valence-corrected chi connectivity index (χ4v) is 5.43. The third-order valence-corrected chi connectivity index (χ3v) is 6.99. The molecule has 0 amide bonds. The summed E-state index contributed by atoms with van der Waals surface area (Å²) in [7, 11) is 0. The molecule has 0 spiro atoms. The van der Waals surface area contributed by atoms with Gasteiger partial charge in [-0.1, -0.05) is 26.7 Å². The van der Waals surface area contributed by atoms with Crippen molar-refractivity contribution >= 4 is 6.79 Å². The molecule has 1 heterocycles. The van der Waals surface area contributed by atoms with Gasteiger partial charge < -0.3 is 15.3 Å². The summed E-state index contributed by atoms with van der Waals surface area (Å²) in [6, 6.07) is 0. The SMILES string of the molecule is C=O.CC1OC(C)C2(N)CC3CCCCC3(C)CC12C. The Morgan fingerprint density at radius 1 is 1.15 bits per heavy atom. The highest BCUT2D eigenvalue weighted by Gasteiger charge is 2.65. The molecule has 2 aliphatic carbocycles. The van der Waals surface area contributed by atoms with E-state index in [1.807, 2.05) is 6.79 Å². The minimum atomic E-state index is -0.103. The van der Waals surface area contributed by atoms with E-state index < -0.39 is 0 Å². The van der Waals surface area contributed by atoms with Crippen molar-refractivity contribution in [2.45, 2.75) is 84.0 Å². The van der Waals surface area contributed by atoms with E-state index in [0.717, 1.165) is 5.92 Å². The summed E-state index contributed by atoms with van der Waals surface area (Å²) < 4.78 is 6.14. The van der Waals surface area contributed by atoms with Crippen LogP contribution >= 0.6 is 0 Å². The lowest BCUT2D eigenvalue weighted by Gasteiger charge is -2.58. The number of nitrogens with two attached hydrogens (primary N) is 1. The molecule has 2 N–H and O–H groups in total. The first-order chi connectivity index (χ1) is 9.32. The summed E-state index contributed by atoms with van der Waals surface area (Å²) in [5.74, 6) is 0.820. The molecular formula is C17H31NO2. The van der Waals surface area contributed by atoms with Gasteiger partial charge in [-0.05, 0) is 50.9 Å². The Morgan fingerprint density at radius 3 is 2.45 bits per heavy atom. The van der Waals surface area contributed by atoms with E-state index in [9.17, 15) is 0 Å². The van der Waals surface area contributed by atoms with Gasteiger partial charge in [-0.25, -0.2) is 0 Å². The van der Waals surface area contributed by atoms with Gasteiger partial charge in [0.1, 0.15) is 6.79 Å². The van der Waals surface area contributed by atoms with Crippen LogP contribution in [0.1, 0.15) is 66.2 Å².